The number of carbonyl (C=O) groups excluding carboxylic acids is 1. The minimum atomic E-state index is -0.762. The van der Waals surface area contributed by atoms with Gasteiger partial charge in [0.1, 0.15) is 11.9 Å². The van der Waals surface area contributed by atoms with Crippen LogP contribution in [0.4, 0.5) is 10.1 Å². The number of amides is 1. The van der Waals surface area contributed by atoms with E-state index in [-0.39, 0.29) is 5.69 Å². The molecular weight excluding hydrogens is 267 g/mol. The van der Waals surface area contributed by atoms with Crippen molar-refractivity contribution in [1.29, 1.82) is 0 Å². The van der Waals surface area contributed by atoms with Gasteiger partial charge >= 0.3 is 0 Å². The number of primary amides is 1. The fraction of sp³-hybridized carbons (Fsp3) is 0.235. The van der Waals surface area contributed by atoms with E-state index in [0.717, 1.165) is 22.3 Å². The lowest BCUT2D eigenvalue weighted by molar-refractivity contribution is -0.118. The molecule has 1 atom stereocenters. The summed E-state index contributed by atoms with van der Waals surface area (Å²) >= 11 is 0. The summed E-state index contributed by atoms with van der Waals surface area (Å²) in [5, 5.41) is 2.91. The molecule has 3 nitrogen and oxygen atoms in total. The number of aryl methyl sites for hydroxylation is 3. The molecule has 0 fully saturated rings. The van der Waals surface area contributed by atoms with Crippen LogP contribution >= 0.6 is 0 Å². The monoisotopic (exact) mass is 286 g/mol. The SMILES string of the molecule is Cc1cc(C)c(C(Nc2ccccc2F)C(N)=O)c(C)c1. The first-order valence-electron chi connectivity index (χ1n) is 6.78. The first-order chi connectivity index (χ1) is 9.90. The Morgan fingerprint density at radius 3 is 2.24 bits per heavy atom. The Morgan fingerprint density at radius 1 is 1.14 bits per heavy atom. The third kappa shape index (κ3) is 3.21. The molecule has 0 bridgehead atoms. The highest BCUT2D eigenvalue weighted by atomic mass is 19.1. The van der Waals surface area contributed by atoms with Crippen LogP contribution in [-0.4, -0.2) is 5.91 Å². The van der Waals surface area contributed by atoms with Crippen LogP contribution in [0.5, 0.6) is 0 Å². The Morgan fingerprint density at radius 2 is 1.71 bits per heavy atom. The predicted octanol–water partition coefficient (Wildman–Crippen LogP) is 3.39. The van der Waals surface area contributed by atoms with E-state index < -0.39 is 17.8 Å². The summed E-state index contributed by atoms with van der Waals surface area (Å²) in [6, 6.07) is 9.45. The topological polar surface area (TPSA) is 55.1 Å². The summed E-state index contributed by atoms with van der Waals surface area (Å²) < 4.78 is 13.8. The van der Waals surface area contributed by atoms with Crippen molar-refractivity contribution in [2.75, 3.05) is 5.32 Å². The summed E-state index contributed by atoms with van der Waals surface area (Å²) in [6.45, 7) is 5.84. The minimum absolute atomic E-state index is 0.265. The maximum absolute atomic E-state index is 13.8. The lowest BCUT2D eigenvalue weighted by Crippen LogP contribution is -2.29. The first-order valence-corrected chi connectivity index (χ1v) is 6.78. The Kier molecular flexibility index (Phi) is 4.26. The summed E-state index contributed by atoms with van der Waals surface area (Å²) in [7, 11) is 0. The van der Waals surface area contributed by atoms with Crippen LogP contribution in [0.2, 0.25) is 0 Å². The zero-order chi connectivity index (χ0) is 15.6. The Bertz CT molecular complexity index is 659. The minimum Gasteiger partial charge on any atom is -0.368 e. The molecule has 4 heteroatoms. The van der Waals surface area contributed by atoms with Crippen LogP contribution in [0.3, 0.4) is 0 Å². The van der Waals surface area contributed by atoms with Gasteiger partial charge in [0, 0.05) is 0 Å². The number of nitrogens with two attached hydrogens (primary N) is 1. The molecule has 0 aliphatic rings. The number of halogens is 1. The van der Waals surface area contributed by atoms with E-state index in [4.69, 9.17) is 5.73 Å². The molecular formula is C17H19FN2O. The highest BCUT2D eigenvalue weighted by molar-refractivity contribution is 5.85. The number of nitrogens with one attached hydrogen (secondary N) is 1. The lowest BCUT2D eigenvalue weighted by Gasteiger charge is -2.22. The number of hydrogen-bond acceptors (Lipinski definition) is 2. The summed E-state index contributed by atoms with van der Waals surface area (Å²) in [5.74, 6) is -0.945. The van der Waals surface area contributed by atoms with Gasteiger partial charge in [-0.3, -0.25) is 4.79 Å². The standard InChI is InChI=1S/C17H19FN2O/c1-10-8-11(2)15(12(3)9-10)16(17(19)21)20-14-7-5-4-6-13(14)18/h4-9,16,20H,1-3H3,(H2,19,21). The quantitative estimate of drug-likeness (QED) is 0.905. The number of benzene rings is 2. The molecule has 110 valence electrons. The van der Waals surface area contributed by atoms with E-state index in [1.165, 1.54) is 6.07 Å². The average molecular weight is 286 g/mol. The van der Waals surface area contributed by atoms with Gasteiger partial charge in [0.2, 0.25) is 5.91 Å². The fourth-order valence-corrected chi connectivity index (χ4v) is 2.67. The van der Waals surface area contributed by atoms with Crippen LogP contribution < -0.4 is 11.1 Å². The first kappa shape index (κ1) is 15.0. The van der Waals surface area contributed by atoms with Crippen LogP contribution in [-0.2, 0) is 4.79 Å². The van der Waals surface area contributed by atoms with Gasteiger partial charge in [-0.25, -0.2) is 4.39 Å². The second-order valence-corrected chi connectivity index (χ2v) is 5.27. The number of anilines is 1. The molecule has 3 N–H and O–H groups in total. The molecule has 2 aromatic rings. The second-order valence-electron chi connectivity index (χ2n) is 5.27. The number of hydrogen-bond donors (Lipinski definition) is 2. The van der Waals surface area contributed by atoms with Gasteiger partial charge < -0.3 is 11.1 Å². The molecule has 2 rings (SSSR count). The van der Waals surface area contributed by atoms with Crippen LogP contribution in [0.15, 0.2) is 36.4 Å². The number of para-hydroxylation sites is 1. The van der Waals surface area contributed by atoms with Gasteiger partial charge in [-0.05, 0) is 49.6 Å². The van der Waals surface area contributed by atoms with Crippen molar-refractivity contribution in [3.8, 4) is 0 Å². The number of carbonyl (C=O) groups is 1. The van der Waals surface area contributed by atoms with Crippen molar-refractivity contribution in [1.82, 2.24) is 0 Å². The molecule has 21 heavy (non-hydrogen) atoms. The Labute approximate surface area is 124 Å². The van der Waals surface area contributed by atoms with Crippen LogP contribution in [0.25, 0.3) is 0 Å². The molecule has 0 spiro atoms. The largest absolute Gasteiger partial charge is 0.368 e. The van der Waals surface area contributed by atoms with E-state index in [9.17, 15) is 9.18 Å². The van der Waals surface area contributed by atoms with Crippen LogP contribution in [0, 0.1) is 26.6 Å². The van der Waals surface area contributed by atoms with Gasteiger partial charge in [-0.15, -0.1) is 0 Å². The highest BCUT2D eigenvalue weighted by Gasteiger charge is 2.22. The van der Waals surface area contributed by atoms with Gasteiger partial charge in [-0.1, -0.05) is 29.8 Å². The third-order valence-corrected chi connectivity index (χ3v) is 3.48. The zero-order valence-electron chi connectivity index (χ0n) is 12.4. The maximum Gasteiger partial charge on any atom is 0.244 e. The zero-order valence-corrected chi connectivity index (χ0v) is 12.4. The van der Waals surface area contributed by atoms with E-state index >= 15 is 0 Å². The lowest BCUT2D eigenvalue weighted by atomic mass is 9.93. The fourth-order valence-electron chi connectivity index (χ4n) is 2.67. The molecule has 0 radical (unpaired) electrons. The summed E-state index contributed by atoms with van der Waals surface area (Å²) in [4.78, 5) is 11.8. The molecule has 0 aliphatic carbocycles. The van der Waals surface area contributed by atoms with Crippen molar-refractivity contribution < 1.29 is 9.18 Å². The van der Waals surface area contributed by atoms with Gasteiger partial charge in [-0.2, -0.15) is 0 Å². The molecule has 2 aromatic carbocycles. The molecule has 0 saturated carbocycles. The van der Waals surface area contributed by atoms with E-state index in [1.807, 2.05) is 32.9 Å². The summed E-state index contributed by atoms with van der Waals surface area (Å²) in [6.07, 6.45) is 0. The van der Waals surface area contributed by atoms with E-state index in [0.29, 0.717) is 0 Å². The molecule has 0 heterocycles. The molecule has 1 unspecified atom stereocenters. The predicted molar refractivity (Wildman–Crippen MR) is 82.6 cm³/mol. The van der Waals surface area contributed by atoms with E-state index in [2.05, 4.69) is 5.32 Å². The number of rotatable bonds is 4. The van der Waals surface area contributed by atoms with E-state index in [1.54, 1.807) is 18.2 Å². The third-order valence-electron chi connectivity index (χ3n) is 3.48. The van der Waals surface area contributed by atoms with Gasteiger partial charge in [0.25, 0.3) is 0 Å². The summed E-state index contributed by atoms with van der Waals surface area (Å²) in [5.41, 5.74) is 9.62. The normalized spacial score (nSPS) is 12.0. The Hall–Kier alpha value is -2.36. The van der Waals surface area contributed by atoms with Crippen molar-refractivity contribution in [3.05, 3.63) is 64.5 Å². The Balaban J connectivity index is 2.46. The molecule has 0 aromatic heterocycles. The van der Waals surface area contributed by atoms with Gasteiger partial charge in [0.05, 0.1) is 5.69 Å². The van der Waals surface area contributed by atoms with Crippen molar-refractivity contribution in [2.45, 2.75) is 26.8 Å². The molecule has 1 amide bonds. The van der Waals surface area contributed by atoms with Gasteiger partial charge in [0.15, 0.2) is 0 Å². The maximum atomic E-state index is 13.8. The van der Waals surface area contributed by atoms with Crippen molar-refractivity contribution in [2.24, 2.45) is 5.73 Å². The molecule has 0 aliphatic heterocycles. The smallest absolute Gasteiger partial charge is 0.244 e. The van der Waals surface area contributed by atoms with Crippen molar-refractivity contribution >= 4 is 11.6 Å². The molecule has 0 saturated heterocycles. The highest BCUT2D eigenvalue weighted by Crippen LogP contribution is 2.27. The second kappa shape index (κ2) is 5.95. The van der Waals surface area contributed by atoms with Crippen molar-refractivity contribution in [3.63, 3.8) is 0 Å². The van der Waals surface area contributed by atoms with Crippen LogP contribution in [0.1, 0.15) is 28.3 Å². The average Bonchev–Trinajstić information content (AvgIpc) is 2.38.